The van der Waals surface area contributed by atoms with Gasteiger partial charge in [0.1, 0.15) is 0 Å². The summed E-state index contributed by atoms with van der Waals surface area (Å²) in [6.45, 7) is 0. The molecule has 0 aliphatic heterocycles. The van der Waals surface area contributed by atoms with Crippen LogP contribution in [0.25, 0.3) is 0 Å². The SMILES string of the molecule is NC1(CCCC23CC4CC(CC(C4)C2)C3)CC1. The zero-order chi connectivity index (χ0) is 11.5. The quantitative estimate of drug-likeness (QED) is 0.784. The van der Waals surface area contributed by atoms with Crippen molar-refractivity contribution in [2.24, 2.45) is 28.9 Å². The molecule has 4 bridgehead atoms. The summed E-state index contributed by atoms with van der Waals surface area (Å²) in [5, 5.41) is 0. The van der Waals surface area contributed by atoms with Gasteiger partial charge in [-0.05, 0) is 87.4 Å². The van der Waals surface area contributed by atoms with Gasteiger partial charge in [-0.3, -0.25) is 0 Å². The monoisotopic (exact) mass is 233 g/mol. The lowest BCUT2D eigenvalue weighted by molar-refractivity contribution is -0.0585. The Morgan fingerprint density at radius 1 is 0.824 bits per heavy atom. The van der Waals surface area contributed by atoms with E-state index in [-0.39, 0.29) is 0 Å². The van der Waals surface area contributed by atoms with Gasteiger partial charge in [0.2, 0.25) is 0 Å². The standard InChI is InChI=1S/C16H27N/c17-16(4-5-16)3-1-2-15-9-12-6-13(10-15)8-14(7-12)11-15/h12-14H,1-11,17H2. The predicted octanol–water partition coefficient (Wildman–Crippen LogP) is 3.86. The van der Waals surface area contributed by atoms with Crippen LogP contribution >= 0.6 is 0 Å². The van der Waals surface area contributed by atoms with Crippen molar-refractivity contribution >= 4 is 0 Å². The van der Waals surface area contributed by atoms with Crippen LogP contribution in [-0.2, 0) is 0 Å². The topological polar surface area (TPSA) is 26.0 Å². The third kappa shape index (κ3) is 1.95. The number of nitrogens with two attached hydrogens (primary N) is 1. The second-order valence-electron chi connectivity index (χ2n) is 8.13. The maximum absolute atomic E-state index is 6.22. The summed E-state index contributed by atoms with van der Waals surface area (Å²) in [7, 11) is 0. The van der Waals surface area contributed by atoms with E-state index in [1.807, 2.05) is 0 Å². The van der Waals surface area contributed by atoms with Crippen molar-refractivity contribution in [3.8, 4) is 0 Å². The van der Waals surface area contributed by atoms with Gasteiger partial charge in [0.05, 0.1) is 0 Å². The molecule has 1 nitrogen and oxygen atoms in total. The zero-order valence-corrected chi connectivity index (χ0v) is 11.1. The molecule has 0 amide bonds. The summed E-state index contributed by atoms with van der Waals surface area (Å²) >= 11 is 0. The molecule has 0 unspecified atom stereocenters. The van der Waals surface area contributed by atoms with Gasteiger partial charge in [-0.25, -0.2) is 0 Å². The van der Waals surface area contributed by atoms with E-state index >= 15 is 0 Å². The van der Waals surface area contributed by atoms with Gasteiger partial charge in [0.15, 0.2) is 0 Å². The molecule has 0 aromatic heterocycles. The lowest BCUT2D eigenvalue weighted by atomic mass is 9.48. The summed E-state index contributed by atoms with van der Waals surface area (Å²) in [5.41, 5.74) is 7.31. The lowest BCUT2D eigenvalue weighted by Crippen LogP contribution is -2.46. The summed E-state index contributed by atoms with van der Waals surface area (Å²) < 4.78 is 0. The van der Waals surface area contributed by atoms with Crippen LogP contribution < -0.4 is 5.73 Å². The first kappa shape index (κ1) is 10.8. The molecule has 17 heavy (non-hydrogen) atoms. The molecule has 0 spiro atoms. The van der Waals surface area contributed by atoms with Gasteiger partial charge >= 0.3 is 0 Å². The number of hydrogen-bond donors (Lipinski definition) is 1. The maximum Gasteiger partial charge on any atom is 0.0155 e. The van der Waals surface area contributed by atoms with Gasteiger partial charge in [-0.2, -0.15) is 0 Å². The summed E-state index contributed by atoms with van der Waals surface area (Å²) in [5.74, 6) is 3.36. The lowest BCUT2D eigenvalue weighted by Gasteiger charge is -2.57. The fraction of sp³-hybridized carbons (Fsp3) is 1.00. The average Bonchev–Trinajstić information content (AvgIpc) is 2.93. The predicted molar refractivity (Wildman–Crippen MR) is 70.6 cm³/mol. The van der Waals surface area contributed by atoms with Crippen molar-refractivity contribution in [3.05, 3.63) is 0 Å². The van der Waals surface area contributed by atoms with E-state index in [0.717, 1.165) is 23.2 Å². The van der Waals surface area contributed by atoms with Crippen LogP contribution in [0.3, 0.4) is 0 Å². The van der Waals surface area contributed by atoms with Gasteiger partial charge in [-0.15, -0.1) is 0 Å². The Kier molecular flexibility index (Phi) is 2.23. The fourth-order valence-corrected chi connectivity index (χ4v) is 5.82. The van der Waals surface area contributed by atoms with Gasteiger partial charge in [-0.1, -0.05) is 6.42 Å². The van der Waals surface area contributed by atoms with Crippen LogP contribution in [0.4, 0.5) is 0 Å². The molecule has 5 fully saturated rings. The maximum atomic E-state index is 6.22. The molecular weight excluding hydrogens is 206 g/mol. The van der Waals surface area contributed by atoms with Crippen molar-refractivity contribution in [1.29, 1.82) is 0 Å². The van der Waals surface area contributed by atoms with Crippen molar-refractivity contribution in [1.82, 2.24) is 0 Å². The largest absolute Gasteiger partial charge is 0.325 e. The molecular formula is C16H27N. The Bertz CT molecular complexity index is 280. The van der Waals surface area contributed by atoms with E-state index < -0.39 is 0 Å². The Labute approximate surface area is 106 Å². The molecule has 96 valence electrons. The van der Waals surface area contributed by atoms with Crippen LogP contribution in [0.2, 0.25) is 0 Å². The normalized spacial score (nSPS) is 49.6. The molecule has 0 heterocycles. The summed E-state index contributed by atoms with van der Waals surface area (Å²) in [4.78, 5) is 0. The first-order chi connectivity index (χ1) is 8.15. The molecule has 5 rings (SSSR count). The summed E-state index contributed by atoms with van der Waals surface area (Å²) in [6.07, 6.45) is 16.3. The van der Waals surface area contributed by atoms with Crippen LogP contribution in [-0.4, -0.2) is 5.54 Å². The van der Waals surface area contributed by atoms with E-state index in [0.29, 0.717) is 5.54 Å². The van der Waals surface area contributed by atoms with Crippen LogP contribution in [0.1, 0.15) is 70.6 Å². The van der Waals surface area contributed by atoms with Crippen molar-refractivity contribution in [2.45, 2.75) is 76.2 Å². The Hall–Kier alpha value is -0.0400. The van der Waals surface area contributed by atoms with Gasteiger partial charge in [0, 0.05) is 5.54 Å². The number of rotatable bonds is 4. The molecule has 0 atom stereocenters. The molecule has 5 aliphatic carbocycles. The van der Waals surface area contributed by atoms with Crippen molar-refractivity contribution in [3.63, 3.8) is 0 Å². The molecule has 5 aliphatic rings. The minimum atomic E-state index is 0.294. The van der Waals surface area contributed by atoms with E-state index in [9.17, 15) is 0 Å². The average molecular weight is 233 g/mol. The molecule has 5 saturated carbocycles. The molecule has 0 aromatic carbocycles. The number of hydrogen-bond acceptors (Lipinski definition) is 1. The third-order valence-corrected chi connectivity index (χ3v) is 6.44. The van der Waals surface area contributed by atoms with Gasteiger partial charge < -0.3 is 5.73 Å². The van der Waals surface area contributed by atoms with Gasteiger partial charge in [0.25, 0.3) is 0 Å². The van der Waals surface area contributed by atoms with Crippen LogP contribution in [0.15, 0.2) is 0 Å². The van der Waals surface area contributed by atoms with Crippen molar-refractivity contribution in [2.75, 3.05) is 0 Å². The van der Waals surface area contributed by atoms with E-state index in [4.69, 9.17) is 5.73 Å². The first-order valence-corrected chi connectivity index (χ1v) is 7.94. The molecule has 2 N–H and O–H groups in total. The smallest absolute Gasteiger partial charge is 0.0155 e. The molecule has 0 saturated heterocycles. The van der Waals surface area contributed by atoms with Crippen LogP contribution in [0.5, 0.6) is 0 Å². The second-order valence-corrected chi connectivity index (χ2v) is 8.13. The Morgan fingerprint density at radius 2 is 1.35 bits per heavy atom. The minimum Gasteiger partial charge on any atom is -0.325 e. The van der Waals surface area contributed by atoms with Crippen molar-refractivity contribution < 1.29 is 0 Å². The molecule has 0 radical (unpaired) electrons. The third-order valence-electron chi connectivity index (χ3n) is 6.44. The summed E-state index contributed by atoms with van der Waals surface area (Å²) in [6, 6.07) is 0. The minimum absolute atomic E-state index is 0.294. The Morgan fingerprint density at radius 3 is 1.82 bits per heavy atom. The first-order valence-electron chi connectivity index (χ1n) is 7.94. The van der Waals surface area contributed by atoms with E-state index in [1.54, 1.807) is 38.5 Å². The van der Waals surface area contributed by atoms with E-state index in [1.165, 1.54) is 32.1 Å². The highest BCUT2D eigenvalue weighted by Gasteiger charge is 2.50. The van der Waals surface area contributed by atoms with E-state index in [2.05, 4.69) is 0 Å². The highest BCUT2D eigenvalue weighted by atomic mass is 14.8. The highest BCUT2D eigenvalue weighted by molar-refractivity contribution is 5.03. The second kappa shape index (κ2) is 3.50. The molecule has 0 aromatic rings. The Balaban J connectivity index is 1.39. The van der Waals surface area contributed by atoms with Crippen LogP contribution in [0, 0.1) is 23.2 Å². The zero-order valence-electron chi connectivity index (χ0n) is 11.1. The highest BCUT2D eigenvalue weighted by Crippen LogP contribution is 2.61. The molecule has 1 heteroatoms. The fourth-order valence-electron chi connectivity index (χ4n) is 5.82.